The zero-order valence-electron chi connectivity index (χ0n) is 14.5. The molecule has 1 saturated carbocycles. The smallest absolute Gasteiger partial charge is 0.390 e. The van der Waals surface area contributed by atoms with E-state index in [2.05, 4.69) is 5.32 Å². The van der Waals surface area contributed by atoms with E-state index in [0.717, 1.165) is 12.1 Å². The molecule has 28 heavy (non-hydrogen) atoms. The molecule has 1 amide bonds. The van der Waals surface area contributed by atoms with Gasteiger partial charge in [-0.1, -0.05) is 12.1 Å². The fraction of sp³-hybridized carbons (Fsp3) is 0.300. The lowest BCUT2D eigenvalue weighted by molar-refractivity contribution is -0.137. The second-order valence-electron chi connectivity index (χ2n) is 6.71. The molecule has 0 heterocycles. The van der Waals surface area contributed by atoms with Crippen molar-refractivity contribution in [3.8, 4) is 6.07 Å². The van der Waals surface area contributed by atoms with Crippen LogP contribution in [0.25, 0.3) is 0 Å². The van der Waals surface area contributed by atoms with Gasteiger partial charge in [0.05, 0.1) is 29.3 Å². The average molecular weight is 390 g/mol. The summed E-state index contributed by atoms with van der Waals surface area (Å²) < 4.78 is 38.3. The first-order valence-electron chi connectivity index (χ1n) is 8.55. The zero-order valence-corrected chi connectivity index (χ0v) is 14.5. The highest BCUT2D eigenvalue weighted by Gasteiger charge is 2.43. The first-order chi connectivity index (χ1) is 13.2. The van der Waals surface area contributed by atoms with Crippen LogP contribution in [0.4, 0.5) is 13.2 Å². The van der Waals surface area contributed by atoms with Gasteiger partial charge in [0.2, 0.25) is 0 Å². The molecule has 0 spiro atoms. The molecule has 0 aliphatic heterocycles. The number of carbonyl (C=O) groups excluding carboxylic acids is 1. The number of hydrogen-bond donors (Lipinski definition) is 3. The maximum absolute atomic E-state index is 12.8. The Bertz CT molecular complexity index is 889. The summed E-state index contributed by atoms with van der Waals surface area (Å²) >= 11 is 0. The highest BCUT2D eigenvalue weighted by atomic mass is 19.4. The van der Waals surface area contributed by atoms with Crippen molar-refractivity contribution in [3.05, 3.63) is 70.8 Å². The molecule has 3 rings (SSSR count). The van der Waals surface area contributed by atoms with Crippen molar-refractivity contribution < 1.29 is 28.2 Å². The van der Waals surface area contributed by atoms with Gasteiger partial charge in [-0.25, -0.2) is 0 Å². The second-order valence-corrected chi connectivity index (χ2v) is 6.71. The largest absolute Gasteiger partial charge is 0.416 e. The van der Waals surface area contributed by atoms with Crippen molar-refractivity contribution in [3.63, 3.8) is 0 Å². The molecule has 8 heteroatoms. The Morgan fingerprint density at radius 1 is 1.07 bits per heavy atom. The maximum atomic E-state index is 12.8. The summed E-state index contributed by atoms with van der Waals surface area (Å²) in [5.74, 6) is -1.06. The minimum absolute atomic E-state index is 0.102. The van der Waals surface area contributed by atoms with Crippen LogP contribution in [0.3, 0.4) is 0 Å². The van der Waals surface area contributed by atoms with Crippen molar-refractivity contribution in [2.45, 2.75) is 36.8 Å². The minimum Gasteiger partial charge on any atom is -0.390 e. The van der Waals surface area contributed by atoms with Crippen LogP contribution in [0.2, 0.25) is 0 Å². The molecule has 146 valence electrons. The van der Waals surface area contributed by atoms with Crippen LogP contribution in [0.1, 0.15) is 39.4 Å². The Morgan fingerprint density at radius 3 is 2.21 bits per heavy atom. The van der Waals surface area contributed by atoms with E-state index in [1.54, 1.807) is 0 Å². The number of carbonyl (C=O) groups is 1. The molecule has 1 aliphatic rings. The summed E-state index contributed by atoms with van der Waals surface area (Å²) in [6, 6.07) is 11.4. The average Bonchev–Trinajstić information content (AvgIpc) is 2.96. The van der Waals surface area contributed by atoms with Crippen LogP contribution >= 0.6 is 0 Å². The molecule has 0 unspecified atom stereocenters. The molecule has 3 N–H and O–H groups in total. The van der Waals surface area contributed by atoms with Gasteiger partial charge in [0.25, 0.3) is 5.91 Å². The third-order valence-electron chi connectivity index (χ3n) is 4.93. The van der Waals surface area contributed by atoms with Crippen LogP contribution in [0.15, 0.2) is 48.5 Å². The number of amides is 1. The molecule has 5 nitrogen and oxygen atoms in total. The fourth-order valence-corrected chi connectivity index (χ4v) is 3.40. The van der Waals surface area contributed by atoms with Gasteiger partial charge >= 0.3 is 6.18 Å². The molecule has 1 fully saturated rings. The quantitative estimate of drug-likeness (QED) is 0.751. The topological polar surface area (TPSA) is 93.4 Å². The zero-order chi connectivity index (χ0) is 20.5. The van der Waals surface area contributed by atoms with E-state index in [4.69, 9.17) is 5.26 Å². The molecular formula is C20H17F3N2O3. The van der Waals surface area contributed by atoms with Crippen molar-refractivity contribution in [1.82, 2.24) is 5.32 Å². The minimum atomic E-state index is -4.46. The molecular weight excluding hydrogens is 373 g/mol. The van der Waals surface area contributed by atoms with Gasteiger partial charge in [-0.3, -0.25) is 4.79 Å². The first kappa shape index (κ1) is 19.9. The lowest BCUT2D eigenvalue weighted by Gasteiger charge is -2.24. The van der Waals surface area contributed by atoms with Gasteiger partial charge in [-0.2, -0.15) is 18.4 Å². The molecule has 0 aromatic heterocycles. The summed E-state index contributed by atoms with van der Waals surface area (Å²) in [5.41, 5.74) is 0.330. The molecule has 0 saturated heterocycles. The lowest BCUT2D eigenvalue weighted by Crippen LogP contribution is -2.45. The first-order valence-corrected chi connectivity index (χ1v) is 8.55. The lowest BCUT2D eigenvalue weighted by atomic mass is 9.92. The van der Waals surface area contributed by atoms with Crippen LogP contribution < -0.4 is 5.32 Å². The number of halogens is 3. The van der Waals surface area contributed by atoms with E-state index < -0.39 is 41.8 Å². The second kappa shape index (κ2) is 7.62. The normalized spacial score (nSPS) is 24.6. The maximum Gasteiger partial charge on any atom is 0.416 e. The predicted molar refractivity (Wildman–Crippen MR) is 93.2 cm³/mol. The van der Waals surface area contributed by atoms with E-state index in [1.807, 2.05) is 6.07 Å². The number of nitriles is 1. The van der Waals surface area contributed by atoms with E-state index in [0.29, 0.717) is 11.1 Å². The van der Waals surface area contributed by atoms with Gasteiger partial charge < -0.3 is 15.5 Å². The number of nitrogens with one attached hydrogen (secondary N) is 1. The fourth-order valence-electron chi connectivity index (χ4n) is 3.40. The summed E-state index contributed by atoms with van der Waals surface area (Å²) in [4.78, 5) is 12.5. The van der Waals surface area contributed by atoms with E-state index in [1.165, 1.54) is 36.4 Å². The van der Waals surface area contributed by atoms with E-state index in [-0.39, 0.29) is 12.0 Å². The highest BCUT2D eigenvalue weighted by Crippen LogP contribution is 2.37. The number of aliphatic hydroxyl groups is 2. The van der Waals surface area contributed by atoms with Gasteiger partial charge in [0, 0.05) is 11.5 Å². The van der Waals surface area contributed by atoms with Gasteiger partial charge in [-0.15, -0.1) is 0 Å². The van der Waals surface area contributed by atoms with Crippen LogP contribution in [0.5, 0.6) is 0 Å². The van der Waals surface area contributed by atoms with Crippen LogP contribution in [0, 0.1) is 11.3 Å². The Morgan fingerprint density at radius 2 is 1.68 bits per heavy atom. The molecule has 2 aromatic carbocycles. The van der Waals surface area contributed by atoms with E-state index >= 15 is 0 Å². The van der Waals surface area contributed by atoms with Crippen molar-refractivity contribution in [2.24, 2.45) is 0 Å². The third kappa shape index (κ3) is 4.01. The Kier molecular flexibility index (Phi) is 5.40. The SMILES string of the molecule is N#Cc1ccc(C(=O)N[C@H]2[C@H](O)[C@H](O)C[C@@H]2c2ccc(C(F)(F)F)cc2)cc1. The monoisotopic (exact) mass is 390 g/mol. The van der Waals surface area contributed by atoms with E-state index in [9.17, 15) is 28.2 Å². The molecule has 0 bridgehead atoms. The number of rotatable bonds is 3. The van der Waals surface area contributed by atoms with Crippen molar-refractivity contribution >= 4 is 5.91 Å². The molecule has 1 aliphatic carbocycles. The Balaban J connectivity index is 1.81. The molecule has 0 radical (unpaired) electrons. The van der Waals surface area contributed by atoms with Crippen LogP contribution in [-0.2, 0) is 6.18 Å². The Hall–Kier alpha value is -2.89. The van der Waals surface area contributed by atoms with Gasteiger partial charge in [0.15, 0.2) is 0 Å². The number of hydrogen-bond acceptors (Lipinski definition) is 4. The highest BCUT2D eigenvalue weighted by molar-refractivity contribution is 5.94. The summed E-state index contributed by atoms with van der Waals surface area (Å²) in [5, 5.41) is 31.7. The number of aliphatic hydroxyl groups excluding tert-OH is 2. The van der Waals surface area contributed by atoms with Gasteiger partial charge in [0.1, 0.15) is 6.10 Å². The summed E-state index contributed by atoms with van der Waals surface area (Å²) in [7, 11) is 0. The van der Waals surface area contributed by atoms with Crippen molar-refractivity contribution in [2.75, 3.05) is 0 Å². The number of nitrogens with zero attached hydrogens (tertiary/aromatic N) is 1. The predicted octanol–water partition coefficient (Wildman–Crippen LogP) is 2.58. The summed E-state index contributed by atoms with van der Waals surface area (Å²) in [6.07, 6.45) is -6.73. The Labute approximate surface area is 159 Å². The summed E-state index contributed by atoms with van der Waals surface area (Å²) in [6.45, 7) is 0. The molecule has 4 atom stereocenters. The standard InChI is InChI=1S/C20H17F3N2O3/c21-20(22,23)14-7-5-12(6-8-14)15-9-16(26)18(27)17(15)25-19(28)13-3-1-11(10-24)2-4-13/h1-8,15-18,26-27H,9H2,(H,25,28)/t15-,16-,17-,18-/m1/s1. The van der Waals surface area contributed by atoms with Crippen molar-refractivity contribution in [1.29, 1.82) is 5.26 Å². The van der Waals surface area contributed by atoms with Crippen LogP contribution in [-0.4, -0.2) is 34.4 Å². The number of alkyl halides is 3. The molecule has 2 aromatic rings. The number of benzene rings is 2. The third-order valence-corrected chi connectivity index (χ3v) is 4.93. The van der Waals surface area contributed by atoms with Gasteiger partial charge in [-0.05, 0) is 48.4 Å².